The number of para-hydroxylation sites is 1. The van der Waals surface area contributed by atoms with Gasteiger partial charge in [0.05, 0.1) is 36.5 Å². The van der Waals surface area contributed by atoms with E-state index in [1.807, 2.05) is 12.1 Å². The Kier molecular flexibility index (Phi) is 3.19. The van der Waals surface area contributed by atoms with Crippen molar-refractivity contribution in [3.05, 3.63) is 23.8 Å². The van der Waals surface area contributed by atoms with E-state index in [0.717, 1.165) is 24.3 Å². The van der Waals surface area contributed by atoms with Crippen LogP contribution in [0.3, 0.4) is 0 Å². The summed E-state index contributed by atoms with van der Waals surface area (Å²) in [5.74, 6) is 0.0336. The number of carbonyl (C=O) groups is 1. The van der Waals surface area contributed by atoms with Crippen molar-refractivity contribution in [3.8, 4) is 0 Å². The molecule has 1 N–H and O–H groups in total. The zero-order valence-electron chi connectivity index (χ0n) is 11.5. The predicted octanol–water partition coefficient (Wildman–Crippen LogP) is 2.18. The van der Waals surface area contributed by atoms with Crippen LogP contribution in [0.2, 0.25) is 0 Å². The van der Waals surface area contributed by atoms with Gasteiger partial charge >= 0.3 is 0 Å². The molecule has 4 nitrogen and oxygen atoms in total. The van der Waals surface area contributed by atoms with Crippen molar-refractivity contribution in [2.45, 2.75) is 26.3 Å². The van der Waals surface area contributed by atoms with Crippen LogP contribution >= 0.6 is 0 Å². The van der Waals surface area contributed by atoms with Crippen LogP contribution in [0, 0.1) is 12.8 Å². The standard InChI is InChI=1S/C15H20N2O2/c1-3-7-17-13-9-19-8-11(13)15(18)16-12-6-4-5-10(2)14(12)17/h4-6,11,13H,3,7-9H2,1-2H3,(H,16,18). The second-order valence-electron chi connectivity index (χ2n) is 5.37. The van der Waals surface area contributed by atoms with Crippen molar-refractivity contribution in [2.75, 3.05) is 30.0 Å². The van der Waals surface area contributed by atoms with Crippen molar-refractivity contribution in [3.63, 3.8) is 0 Å². The van der Waals surface area contributed by atoms with E-state index in [0.29, 0.717) is 13.2 Å². The van der Waals surface area contributed by atoms with E-state index in [1.54, 1.807) is 0 Å². The second kappa shape index (κ2) is 4.85. The van der Waals surface area contributed by atoms with Crippen molar-refractivity contribution in [2.24, 2.45) is 5.92 Å². The van der Waals surface area contributed by atoms with Gasteiger partial charge in [-0.2, -0.15) is 0 Å². The molecule has 1 saturated heterocycles. The van der Waals surface area contributed by atoms with Gasteiger partial charge < -0.3 is 15.0 Å². The summed E-state index contributed by atoms with van der Waals surface area (Å²) in [5.41, 5.74) is 3.31. The predicted molar refractivity (Wildman–Crippen MR) is 75.5 cm³/mol. The SMILES string of the molecule is CCCN1c2c(C)cccc2NC(=O)C2COCC21. The van der Waals surface area contributed by atoms with Crippen LogP contribution in [0.5, 0.6) is 0 Å². The number of rotatable bonds is 2. The first-order chi connectivity index (χ1) is 9.22. The summed E-state index contributed by atoms with van der Waals surface area (Å²) in [7, 11) is 0. The Morgan fingerprint density at radius 1 is 1.42 bits per heavy atom. The lowest BCUT2D eigenvalue weighted by atomic mass is 10.0. The lowest BCUT2D eigenvalue weighted by Crippen LogP contribution is -2.43. The van der Waals surface area contributed by atoms with Gasteiger partial charge in [-0.3, -0.25) is 4.79 Å². The van der Waals surface area contributed by atoms with Gasteiger partial charge in [-0.05, 0) is 25.0 Å². The third-order valence-corrected chi connectivity index (χ3v) is 4.03. The van der Waals surface area contributed by atoms with E-state index in [2.05, 4.69) is 30.1 Å². The van der Waals surface area contributed by atoms with Gasteiger partial charge in [-0.1, -0.05) is 19.1 Å². The minimum absolute atomic E-state index is 0.0571. The highest BCUT2D eigenvalue weighted by Gasteiger charge is 2.41. The number of amides is 1. The van der Waals surface area contributed by atoms with Crippen LogP contribution in [-0.4, -0.2) is 31.7 Å². The number of aryl methyl sites for hydroxylation is 1. The molecule has 0 saturated carbocycles. The molecular formula is C15H20N2O2. The summed E-state index contributed by atoms with van der Waals surface area (Å²) in [5, 5.41) is 3.06. The molecule has 102 valence electrons. The smallest absolute Gasteiger partial charge is 0.232 e. The van der Waals surface area contributed by atoms with E-state index in [9.17, 15) is 4.79 Å². The molecule has 1 aromatic carbocycles. The molecule has 0 bridgehead atoms. The Balaban J connectivity index is 2.11. The number of ether oxygens (including phenoxy) is 1. The first-order valence-electron chi connectivity index (χ1n) is 6.97. The summed E-state index contributed by atoms with van der Waals surface area (Å²) in [6, 6.07) is 6.26. The van der Waals surface area contributed by atoms with Crippen molar-refractivity contribution >= 4 is 17.3 Å². The number of nitrogens with zero attached hydrogens (tertiary/aromatic N) is 1. The number of hydrogen-bond donors (Lipinski definition) is 1. The van der Waals surface area contributed by atoms with Gasteiger partial charge in [0.2, 0.25) is 5.91 Å². The van der Waals surface area contributed by atoms with E-state index in [1.165, 1.54) is 5.56 Å². The fourth-order valence-corrected chi connectivity index (χ4v) is 3.15. The quantitative estimate of drug-likeness (QED) is 0.886. The van der Waals surface area contributed by atoms with Gasteiger partial charge in [0, 0.05) is 6.54 Å². The van der Waals surface area contributed by atoms with Crippen molar-refractivity contribution < 1.29 is 9.53 Å². The van der Waals surface area contributed by atoms with Crippen molar-refractivity contribution in [1.82, 2.24) is 0 Å². The van der Waals surface area contributed by atoms with Gasteiger partial charge in [-0.25, -0.2) is 0 Å². The molecular weight excluding hydrogens is 240 g/mol. The topological polar surface area (TPSA) is 41.6 Å². The highest BCUT2D eigenvalue weighted by Crippen LogP contribution is 2.37. The molecule has 0 aromatic heterocycles. The molecule has 0 aliphatic carbocycles. The Morgan fingerprint density at radius 2 is 2.26 bits per heavy atom. The average Bonchev–Trinajstić information content (AvgIpc) is 2.82. The monoisotopic (exact) mass is 260 g/mol. The minimum Gasteiger partial charge on any atom is -0.378 e. The molecule has 0 spiro atoms. The molecule has 2 heterocycles. The summed E-state index contributed by atoms with van der Waals surface area (Å²) in [4.78, 5) is 14.7. The average molecular weight is 260 g/mol. The first-order valence-corrected chi connectivity index (χ1v) is 6.97. The number of anilines is 2. The van der Waals surface area contributed by atoms with E-state index < -0.39 is 0 Å². The normalized spacial score (nSPS) is 25.6. The number of nitrogens with one attached hydrogen (secondary N) is 1. The number of carbonyl (C=O) groups excluding carboxylic acids is 1. The molecule has 0 radical (unpaired) electrons. The molecule has 1 amide bonds. The van der Waals surface area contributed by atoms with E-state index >= 15 is 0 Å². The Morgan fingerprint density at radius 3 is 3.05 bits per heavy atom. The van der Waals surface area contributed by atoms with Crippen LogP contribution < -0.4 is 10.2 Å². The zero-order valence-corrected chi connectivity index (χ0v) is 11.5. The highest BCUT2D eigenvalue weighted by atomic mass is 16.5. The lowest BCUT2D eigenvalue weighted by molar-refractivity contribution is -0.120. The maximum Gasteiger partial charge on any atom is 0.232 e. The third kappa shape index (κ3) is 2.00. The van der Waals surface area contributed by atoms with E-state index in [4.69, 9.17) is 4.74 Å². The zero-order chi connectivity index (χ0) is 13.4. The Hall–Kier alpha value is -1.55. The fourth-order valence-electron chi connectivity index (χ4n) is 3.15. The van der Waals surface area contributed by atoms with Gasteiger partial charge in [-0.15, -0.1) is 0 Å². The van der Waals surface area contributed by atoms with Crippen LogP contribution in [0.15, 0.2) is 18.2 Å². The number of hydrogen-bond acceptors (Lipinski definition) is 3. The summed E-state index contributed by atoms with van der Waals surface area (Å²) < 4.78 is 5.55. The molecule has 2 aliphatic heterocycles. The largest absolute Gasteiger partial charge is 0.378 e. The maximum absolute atomic E-state index is 12.3. The highest BCUT2D eigenvalue weighted by molar-refractivity contribution is 5.99. The van der Waals surface area contributed by atoms with Gasteiger partial charge in [0.1, 0.15) is 0 Å². The fraction of sp³-hybridized carbons (Fsp3) is 0.533. The van der Waals surface area contributed by atoms with Crippen LogP contribution in [0.1, 0.15) is 18.9 Å². The number of fused-ring (bicyclic) bond motifs is 2. The summed E-state index contributed by atoms with van der Waals surface area (Å²) >= 11 is 0. The van der Waals surface area contributed by atoms with Crippen LogP contribution in [-0.2, 0) is 9.53 Å². The Bertz CT molecular complexity index is 501. The summed E-state index contributed by atoms with van der Waals surface area (Å²) in [6.45, 7) is 6.40. The molecule has 2 unspecified atom stereocenters. The second-order valence-corrected chi connectivity index (χ2v) is 5.37. The molecule has 4 heteroatoms. The van der Waals surface area contributed by atoms with Gasteiger partial charge in [0.15, 0.2) is 0 Å². The Labute approximate surface area is 113 Å². The van der Waals surface area contributed by atoms with Gasteiger partial charge in [0.25, 0.3) is 0 Å². The minimum atomic E-state index is -0.0571. The molecule has 2 aliphatic rings. The number of benzene rings is 1. The molecule has 19 heavy (non-hydrogen) atoms. The maximum atomic E-state index is 12.3. The third-order valence-electron chi connectivity index (χ3n) is 4.03. The van der Waals surface area contributed by atoms with Crippen LogP contribution in [0.25, 0.3) is 0 Å². The molecule has 1 aromatic rings. The van der Waals surface area contributed by atoms with Crippen molar-refractivity contribution in [1.29, 1.82) is 0 Å². The summed E-state index contributed by atoms with van der Waals surface area (Å²) in [6.07, 6.45) is 1.06. The molecule has 2 atom stereocenters. The van der Waals surface area contributed by atoms with Crippen LogP contribution in [0.4, 0.5) is 11.4 Å². The lowest BCUT2D eigenvalue weighted by Gasteiger charge is -2.32. The molecule has 3 rings (SSSR count). The first kappa shape index (κ1) is 12.5. The van der Waals surface area contributed by atoms with E-state index in [-0.39, 0.29) is 17.9 Å². The molecule has 1 fully saturated rings.